The second kappa shape index (κ2) is 8.70. The number of ether oxygens (including phenoxy) is 2. The number of hydrogen-bond donors (Lipinski definition) is 1. The van der Waals surface area contributed by atoms with Gasteiger partial charge in [0.05, 0.1) is 13.2 Å². The van der Waals surface area contributed by atoms with E-state index in [4.69, 9.17) is 9.47 Å². The number of nitrogens with zero attached hydrogens (tertiary/aromatic N) is 2. The summed E-state index contributed by atoms with van der Waals surface area (Å²) in [6.07, 6.45) is 6.96. The summed E-state index contributed by atoms with van der Waals surface area (Å²) < 4.78 is 11.1. The van der Waals surface area contributed by atoms with Crippen LogP contribution in [0.5, 0.6) is 0 Å². The molecule has 0 radical (unpaired) electrons. The molecule has 5 nitrogen and oxygen atoms in total. The molecule has 5 heteroatoms. The van der Waals surface area contributed by atoms with Crippen molar-refractivity contribution in [2.75, 3.05) is 44.3 Å². The molecule has 0 aliphatic carbocycles. The summed E-state index contributed by atoms with van der Waals surface area (Å²) in [5.41, 5.74) is 2.78. The number of piperidine rings is 2. The molecule has 0 saturated carbocycles. The molecule has 3 aliphatic heterocycles. The van der Waals surface area contributed by atoms with E-state index in [0.717, 1.165) is 64.6 Å². The van der Waals surface area contributed by atoms with E-state index in [2.05, 4.69) is 29.2 Å². The molecule has 0 amide bonds. The molecule has 3 heterocycles. The molecule has 144 valence electrons. The van der Waals surface area contributed by atoms with Crippen LogP contribution in [-0.4, -0.2) is 56.0 Å². The quantitative estimate of drug-likeness (QED) is 0.869. The fourth-order valence-corrected chi connectivity index (χ4v) is 4.58. The standard InChI is InChI=1S/C21H32N2O3/c24-23-13-9-19(10-14-23)18-2-4-20(5-3-18)22-11-7-17(8-12-22)1-6-21-25-15-16-26-21/h2-5,17,19,21,24H,1,6-16H2. The highest BCUT2D eigenvalue weighted by Crippen LogP contribution is 2.31. The van der Waals surface area contributed by atoms with Crippen LogP contribution in [0.25, 0.3) is 0 Å². The molecular weight excluding hydrogens is 328 g/mol. The van der Waals surface area contributed by atoms with Crippen LogP contribution >= 0.6 is 0 Å². The molecule has 1 aromatic carbocycles. The lowest BCUT2D eigenvalue weighted by molar-refractivity contribution is -0.106. The van der Waals surface area contributed by atoms with Crippen LogP contribution in [-0.2, 0) is 9.47 Å². The molecule has 0 atom stereocenters. The van der Waals surface area contributed by atoms with Crippen molar-refractivity contribution in [1.82, 2.24) is 5.06 Å². The summed E-state index contributed by atoms with van der Waals surface area (Å²) in [5.74, 6) is 1.40. The van der Waals surface area contributed by atoms with Crippen molar-refractivity contribution in [3.63, 3.8) is 0 Å². The smallest absolute Gasteiger partial charge is 0.157 e. The molecule has 0 aromatic heterocycles. The monoisotopic (exact) mass is 360 g/mol. The minimum absolute atomic E-state index is 0.0540. The van der Waals surface area contributed by atoms with Gasteiger partial charge in [0.2, 0.25) is 0 Å². The lowest BCUT2D eigenvalue weighted by Crippen LogP contribution is -2.34. The molecule has 1 N–H and O–H groups in total. The van der Waals surface area contributed by atoms with Crippen LogP contribution in [0.2, 0.25) is 0 Å². The van der Waals surface area contributed by atoms with E-state index >= 15 is 0 Å². The molecular formula is C21H32N2O3. The first kappa shape index (κ1) is 18.2. The topological polar surface area (TPSA) is 45.2 Å². The fraction of sp³-hybridized carbons (Fsp3) is 0.714. The number of hydroxylamine groups is 2. The normalized spacial score (nSPS) is 24.4. The van der Waals surface area contributed by atoms with E-state index in [9.17, 15) is 5.21 Å². The van der Waals surface area contributed by atoms with E-state index in [-0.39, 0.29) is 6.29 Å². The molecule has 3 fully saturated rings. The van der Waals surface area contributed by atoms with Crippen LogP contribution in [0.15, 0.2) is 24.3 Å². The zero-order valence-corrected chi connectivity index (χ0v) is 15.7. The van der Waals surface area contributed by atoms with Crippen molar-refractivity contribution in [2.24, 2.45) is 5.92 Å². The van der Waals surface area contributed by atoms with Gasteiger partial charge in [0.1, 0.15) is 0 Å². The van der Waals surface area contributed by atoms with Crippen LogP contribution in [0.4, 0.5) is 5.69 Å². The van der Waals surface area contributed by atoms with E-state index in [1.807, 2.05) is 0 Å². The van der Waals surface area contributed by atoms with Gasteiger partial charge in [-0.2, -0.15) is 5.06 Å². The van der Waals surface area contributed by atoms with Gasteiger partial charge in [-0.25, -0.2) is 0 Å². The third-order valence-corrected chi connectivity index (χ3v) is 6.32. The predicted octanol–water partition coefficient (Wildman–Crippen LogP) is 3.62. The number of anilines is 1. The first-order valence-corrected chi connectivity index (χ1v) is 10.3. The van der Waals surface area contributed by atoms with Gasteiger partial charge in [-0.3, -0.25) is 0 Å². The summed E-state index contributed by atoms with van der Waals surface area (Å²) in [5, 5.41) is 11.0. The van der Waals surface area contributed by atoms with E-state index in [0.29, 0.717) is 5.92 Å². The van der Waals surface area contributed by atoms with Crippen molar-refractivity contribution >= 4 is 5.69 Å². The van der Waals surface area contributed by atoms with Gasteiger partial charge in [-0.05, 0) is 68.1 Å². The maximum atomic E-state index is 9.52. The molecule has 3 aliphatic rings. The maximum absolute atomic E-state index is 9.52. The highest BCUT2D eigenvalue weighted by Gasteiger charge is 2.23. The van der Waals surface area contributed by atoms with Crippen LogP contribution in [0, 0.1) is 5.92 Å². The zero-order valence-electron chi connectivity index (χ0n) is 15.7. The maximum Gasteiger partial charge on any atom is 0.157 e. The lowest BCUT2D eigenvalue weighted by Gasteiger charge is -2.34. The average Bonchev–Trinajstić information content (AvgIpc) is 3.21. The van der Waals surface area contributed by atoms with Crippen LogP contribution in [0.1, 0.15) is 50.0 Å². The van der Waals surface area contributed by atoms with Gasteiger partial charge in [0.25, 0.3) is 0 Å². The summed E-state index contributed by atoms with van der Waals surface area (Å²) in [6, 6.07) is 9.18. The first-order chi connectivity index (χ1) is 12.8. The van der Waals surface area contributed by atoms with Gasteiger partial charge in [0, 0.05) is 31.9 Å². The van der Waals surface area contributed by atoms with E-state index in [1.165, 1.54) is 35.6 Å². The molecule has 0 bridgehead atoms. The number of hydrogen-bond acceptors (Lipinski definition) is 5. The largest absolute Gasteiger partial charge is 0.372 e. The molecule has 1 aromatic rings. The Morgan fingerprint density at radius 1 is 0.846 bits per heavy atom. The van der Waals surface area contributed by atoms with E-state index in [1.54, 1.807) is 0 Å². The van der Waals surface area contributed by atoms with Gasteiger partial charge in [0.15, 0.2) is 6.29 Å². The molecule has 3 saturated heterocycles. The molecule has 4 rings (SSSR count). The summed E-state index contributed by atoms with van der Waals surface area (Å²) in [7, 11) is 0. The lowest BCUT2D eigenvalue weighted by atomic mass is 9.89. The third-order valence-electron chi connectivity index (χ3n) is 6.32. The van der Waals surface area contributed by atoms with Crippen molar-refractivity contribution in [1.29, 1.82) is 0 Å². The highest BCUT2D eigenvalue weighted by atomic mass is 16.7. The average molecular weight is 360 g/mol. The summed E-state index contributed by atoms with van der Waals surface area (Å²) in [6.45, 7) is 5.41. The Bertz CT molecular complexity index is 543. The van der Waals surface area contributed by atoms with Crippen molar-refractivity contribution in [3.05, 3.63) is 29.8 Å². The van der Waals surface area contributed by atoms with Crippen LogP contribution in [0.3, 0.4) is 0 Å². The molecule has 0 unspecified atom stereocenters. The van der Waals surface area contributed by atoms with Gasteiger partial charge < -0.3 is 19.6 Å². The zero-order chi connectivity index (χ0) is 17.8. The third kappa shape index (κ3) is 4.58. The first-order valence-electron chi connectivity index (χ1n) is 10.3. The predicted molar refractivity (Wildman–Crippen MR) is 102 cm³/mol. The Hall–Kier alpha value is -1.14. The van der Waals surface area contributed by atoms with Crippen LogP contribution < -0.4 is 4.90 Å². The SMILES string of the molecule is ON1CCC(c2ccc(N3CCC(CCC4OCCO4)CC3)cc2)CC1. The second-order valence-electron chi connectivity index (χ2n) is 8.00. The minimum Gasteiger partial charge on any atom is -0.372 e. The number of benzene rings is 1. The van der Waals surface area contributed by atoms with Gasteiger partial charge in [-0.1, -0.05) is 12.1 Å². The Labute approximate surface area is 156 Å². The van der Waals surface area contributed by atoms with Gasteiger partial charge in [-0.15, -0.1) is 0 Å². The Morgan fingerprint density at radius 3 is 2.15 bits per heavy atom. The number of rotatable bonds is 5. The Balaban J connectivity index is 1.23. The molecule has 26 heavy (non-hydrogen) atoms. The second-order valence-corrected chi connectivity index (χ2v) is 8.00. The van der Waals surface area contributed by atoms with Crippen molar-refractivity contribution < 1.29 is 14.7 Å². The van der Waals surface area contributed by atoms with Gasteiger partial charge >= 0.3 is 0 Å². The fourth-order valence-electron chi connectivity index (χ4n) is 4.58. The van der Waals surface area contributed by atoms with Crippen molar-refractivity contribution in [2.45, 2.75) is 50.7 Å². The Morgan fingerprint density at radius 2 is 1.50 bits per heavy atom. The van der Waals surface area contributed by atoms with Crippen molar-refractivity contribution in [3.8, 4) is 0 Å². The molecule has 0 spiro atoms. The minimum atomic E-state index is 0.0540. The Kier molecular flexibility index (Phi) is 6.10. The summed E-state index contributed by atoms with van der Waals surface area (Å²) in [4.78, 5) is 2.53. The highest BCUT2D eigenvalue weighted by molar-refractivity contribution is 5.48. The van der Waals surface area contributed by atoms with E-state index < -0.39 is 0 Å². The summed E-state index contributed by atoms with van der Waals surface area (Å²) >= 11 is 0.